The van der Waals surface area contributed by atoms with E-state index in [4.69, 9.17) is 21.6 Å². The van der Waals surface area contributed by atoms with Crippen molar-refractivity contribution in [3.63, 3.8) is 0 Å². The second kappa shape index (κ2) is 5.05. The molecule has 2 nitrogen and oxygen atoms in total. The molecule has 0 aromatic heterocycles. The van der Waals surface area contributed by atoms with E-state index in [1.807, 2.05) is 6.07 Å². The second-order valence-corrected chi connectivity index (χ2v) is 4.18. The van der Waals surface area contributed by atoms with Gasteiger partial charge in [0.15, 0.2) is 0 Å². The van der Waals surface area contributed by atoms with Crippen LogP contribution in [0.25, 0.3) is 0 Å². The first-order chi connectivity index (χ1) is 7.79. The highest BCUT2D eigenvalue weighted by Crippen LogP contribution is 2.28. The lowest BCUT2D eigenvalue weighted by molar-refractivity contribution is 0.230. The Kier molecular flexibility index (Phi) is 3.48. The van der Waals surface area contributed by atoms with Gasteiger partial charge in [0.1, 0.15) is 11.9 Å². The molecule has 0 saturated heterocycles. The zero-order valence-corrected chi connectivity index (χ0v) is 9.57. The Morgan fingerprint density at radius 3 is 2.94 bits per heavy atom. The smallest absolute Gasteiger partial charge is 0.138 e. The number of halogens is 1. The second-order valence-electron chi connectivity index (χ2n) is 3.77. The first-order valence-corrected chi connectivity index (χ1v) is 5.70. The van der Waals surface area contributed by atoms with Gasteiger partial charge in [0.05, 0.1) is 16.7 Å². The van der Waals surface area contributed by atoms with Gasteiger partial charge in [0, 0.05) is 0 Å². The minimum atomic E-state index is 0.110. The Bertz CT molecular complexity index is 448. The van der Waals surface area contributed by atoms with Crippen molar-refractivity contribution in [2.45, 2.75) is 25.4 Å². The minimum absolute atomic E-state index is 0.110. The van der Waals surface area contributed by atoms with Crippen molar-refractivity contribution in [2.24, 2.45) is 0 Å². The number of allylic oxidation sites excluding steroid dienone is 1. The van der Waals surface area contributed by atoms with Gasteiger partial charge in [0.2, 0.25) is 0 Å². The first kappa shape index (κ1) is 11.0. The molecule has 0 heterocycles. The number of nitrogens with zero attached hydrogens (tertiary/aromatic N) is 1. The van der Waals surface area contributed by atoms with Crippen molar-refractivity contribution in [1.29, 1.82) is 5.26 Å². The van der Waals surface area contributed by atoms with Crippen molar-refractivity contribution in [2.75, 3.05) is 0 Å². The molecule has 1 unspecified atom stereocenters. The van der Waals surface area contributed by atoms with Gasteiger partial charge in [-0.15, -0.1) is 0 Å². The highest BCUT2D eigenvalue weighted by Gasteiger charge is 2.12. The minimum Gasteiger partial charge on any atom is -0.485 e. The number of nitriles is 1. The third-order valence-corrected chi connectivity index (χ3v) is 2.84. The number of ether oxygens (including phenoxy) is 1. The molecule has 1 aliphatic carbocycles. The molecule has 0 saturated carbocycles. The molecule has 0 amide bonds. The van der Waals surface area contributed by atoms with E-state index in [1.54, 1.807) is 18.2 Å². The molecular weight excluding hydrogens is 222 g/mol. The molecule has 1 atom stereocenters. The van der Waals surface area contributed by atoms with E-state index in [9.17, 15) is 0 Å². The lowest BCUT2D eigenvalue weighted by Gasteiger charge is -2.19. The van der Waals surface area contributed by atoms with E-state index in [0.717, 1.165) is 19.3 Å². The molecule has 0 N–H and O–H groups in total. The zero-order valence-electron chi connectivity index (χ0n) is 8.82. The molecule has 2 rings (SSSR count). The average molecular weight is 234 g/mol. The Labute approximate surface area is 100 Å². The summed E-state index contributed by atoms with van der Waals surface area (Å²) in [4.78, 5) is 0. The normalized spacial score (nSPS) is 19.1. The molecule has 0 spiro atoms. The van der Waals surface area contributed by atoms with Gasteiger partial charge < -0.3 is 4.74 Å². The van der Waals surface area contributed by atoms with Gasteiger partial charge >= 0.3 is 0 Å². The van der Waals surface area contributed by atoms with Crippen LogP contribution < -0.4 is 4.74 Å². The van der Waals surface area contributed by atoms with Gasteiger partial charge in [0.25, 0.3) is 0 Å². The average Bonchev–Trinajstić information content (AvgIpc) is 2.33. The Hall–Kier alpha value is -1.46. The molecule has 82 valence electrons. The van der Waals surface area contributed by atoms with Crippen LogP contribution in [0.1, 0.15) is 24.8 Å². The van der Waals surface area contributed by atoms with Crippen molar-refractivity contribution in [3.8, 4) is 11.8 Å². The molecule has 16 heavy (non-hydrogen) atoms. The maximum absolute atomic E-state index is 8.71. The third-order valence-electron chi connectivity index (χ3n) is 2.55. The van der Waals surface area contributed by atoms with Crippen LogP contribution in [0, 0.1) is 11.3 Å². The molecule has 0 radical (unpaired) electrons. The van der Waals surface area contributed by atoms with Crippen LogP contribution in [0.15, 0.2) is 30.4 Å². The predicted octanol–water partition coefficient (Wildman–Crippen LogP) is 3.70. The maximum atomic E-state index is 8.71. The van der Waals surface area contributed by atoms with Crippen LogP contribution in [-0.2, 0) is 0 Å². The van der Waals surface area contributed by atoms with Crippen molar-refractivity contribution >= 4 is 11.6 Å². The Morgan fingerprint density at radius 2 is 2.31 bits per heavy atom. The molecule has 0 bridgehead atoms. The van der Waals surface area contributed by atoms with Crippen LogP contribution in [0.5, 0.6) is 5.75 Å². The monoisotopic (exact) mass is 233 g/mol. The third kappa shape index (κ3) is 2.56. The van der Waals surface area contributed by atoms with Gasteiger partial charge in [-0.25, -0.2) is 0 Å². The summed E-state index contributed by atoms with van der Waals surface area (Å²) < 4.78 is 5.76. The summed E-state index contributed by atoms with van der Waals surface area (Å²) in [5.74, 6) is 0.650. The fraction of sp³-hybridized carbons (Fsp3) is 0.308. The molecule has 1 aromatic carbocycles. The van der Waals surface area contributed by atoms with Crippen molar-refractivity contribution < 1.29 is 4.74 Å². The van der Waals surface area contributed by atoms with Crippen molar-refractivity contribution in [3.05, 3.63) is 40.9 Å². The summed E-state index contributed by atoms with van der Waals surface area (Å²) in [6.45, 7) is 0. The van der Waals surface area contributed by atoms with Crippen molar-refractivity contribution in [1.82, 2.24) is 0 Å². The predicted molar refractivity (Wildman–Crippen MR) is 63.6 cm³/mol. The Balaban J connectivity index is 2.12. The fourth-order valence-corrected chi connectivity index (χ4v) is 1.93. The molecule has 1 aromatic rings. The number of hydrogen-bond acceptors (Lipinski definition) is 2. The fourth-order valence-electron chi connectivity index (χ4n) is 1.71. The maximum Gasteiger partial charge on any atom is 0.138 e. The summed E-state index contributed by atoms with van der Waals surface area (Å²) in [6.07, 6.45) is 7.60. The van der Waals surface area contributed by atoms with Gasteiger partial charge in [-0.2, -0.15) is 5.26 Å². The zero-order chi connectivity index (χ0) is 11.4. The molecule has 0 aliphatic heterocycles. The van der Waals surface area contributed by atoms with Crippen LogP contribution in [-0.4, -0.2) is 6.10 Å². The van der Waals surface area contributed by atoms with Gasteiger partial charge in [-0.1, -0.05) is 17.7 Å². The molecule has 3 heteroatoms. The van der Waals surface area contributed by atoms with E-state index < -0.39 is 0 Å². The van der Waals surface area contributed by atoms with Crippen LogP contribution in [0.2, 0.25) is 5.02 Å². The van der Waals surface area contributed by atoms with Gasteiger partial charge in [-0.05, 0) is 43.5 Å². The standard InChI is InChI=1S/C13H12ClNO/c14-12-8-10(9-15)6-7-13(12)16-11-4-2-1-3-5-11/h2,4,6-8,11H,1,3,5H2. The summed E-state index contributed by atoms with van der Waals surface area (Å²) in [5, 5.41) is 9.21. The van der Waals surface area contributed by atoms with E-state index >= 15 is 0 Å². The first-order valence-electron chi connectivity index (χ1n) is 5.32. The topological polar surface area (TPSA) is 33.0 Å². The molecule has 1 aliphatic rings. The van der Waals surface area contributed by atoms with E-state index in [0.29, 0.717) is 16.3 Å². The number of hydrogen-bond donors (Lipinski definition) is 0. The summed E-state index contributed by atoms with van der Waals surface area (Å²) >= 11 is 6.03. The van der Waals surface area contributed by atoms with Gasteiger partial charge in [-0.3, -0.25) is 0 Å². The SMILES string of the molecule is N#Cc1ccc(OC2C=CCCC2)c(Cl)c1. The highest BCUT2D eigenvalue weighted by molar-refractivity contribution is 6.32. The quantitative estimate of drug-likeness (QED) is 0.730. The Morgan fingerprint density at radius 1 is 1.44 bits per heavy atom. The summed E-state index contributed by atoms with van der Waals surface area (Å²) in [6, 6.07) is 7.14. The summed E-state index contributed by atoms with van der Waals surface area (Å²) in [5.41, 5.74) is 0.552. The molecular formula is C13H12ClNO. The van der Waals surface area contributed by atoms with E-state index in [1.165, 1.54) is 0 Å². The summed E-state index contributed by atoms with van der Waals surface area (Å²) in [7, 11) is 0. The molecule has 0 fully saturated rings. The lowest BCUT2D eigenvalue weighted by Crippen LogP contribution is -2.15. The van der Waals surface area contributed by atoms with Crippen LogP contribution in [0.4, 0.5) is 0 Å². The number of benzene rings is 1. The van der Waals surface area contributed by atoms with E-state index in [-0.39, 0.29) is 6.10 Å². The van der Waals surface area contributed by atoms with Crippen LogP contribution >= 0.6 is 11.6 Å². The number of rotatable bonds is 2. The largest absolute Gasteiger partial charge is 0.485 e. The van der Waals surface area contributed by atoms with E-state index in [2.05, 4.69) is 12.2 Å². The lowest BCUT2D eigenvalue weighted by atomic mass is 10.1. The highest BCUT2D eigenvalue weighted by atomic mass is 35.5. The van der Waals surface area contributed by atoms with Crippen LogP contribution in [0.3, 0.4) is 0 Å².